The molecular weight excluding hydrogens is 144 g/mol. The molecule has 1 N–H and O–H groups in total. The van der Waals surface area contributed by atoms with E-state index in [2.05, 4.69) is 0 Å². The van der Waals surface area contributed by atoms with Gasteiger partial charge in [0.25, 0.3) is 0 Å². The molecule has 0 aromatic heterocycles. The van der Waals surface area contributed by atoms with Gasteiger partial charge in [0.15, 0.2) is 0 Å². The highest BCUT2D eigenvalue weighted by Gasteiger charge is 2.72. The van der Waals surface area contributed by atoms with Gasteiger partial charge < -0.3 is 9.90 Å². The van der Waals surface area contributed by atoms with Crippen molar-refractivity contribution >= 4 is 12.3 Å². The van der Waals surface area contributed by atoms with E-state index in [1.165, 1.54) is 0 Å². The van der Waals surface area contributed by atoms with Gasteiger partial charge in [-0.15, -0.1) is 0 Å². The highest BCUT2D eigenvalue weighted by Crippen LogP contribution is 2.67. The van der Waals surface area contributed by atoms with Gasteiger partial charge in [-0.1, -0.05) is 13.8 Å². The minimum absolute atomic E-state index is 0.326. The van der Waals surface area contributed by atoms with Crippen LogP contribution in [0.3, 0.4) is 0 Å². The van der Waals surface area contributed by atoms with Crippen molar-refractivity contribution in [2.45, 2.75) is 20.8 Å². The second-order valence-corrected chi connectivity index (χ2v) is 3.84. The van der Waals surface area contributed by atoms with Gasteiger partial charge in [-0.05, 0) is 12.3 Å². The van der Waals surface area contributed by atoms with Gasteiger partial charge in [0.1, 0.15) is 6.29 Å². The Morgan fingerprint density at radius 1 is 1.45 bits per heavy atom. The second kappa shape index (κ2) is 1.84. The predicted molar refractivity (Wildman–Crippen MR) is 39.1 cm³/mol. The lowest BCUT2D eigenvalue weighted by atomic mass is 9.99. The van der Waals surface area contributed by atoms with Crippen molar-refractivity contribution in [1.29, 1.82) is 0 Å². The molecule has 2 atom stereocenters. The molecule has 1 aliphatic rings. The smallest absolute Gasteiger partial charge is 0.310 e. The Labute approximate surface area is 65.4 Å². The molecule has 62 valence electrons. The monoisotopic (exact) mass is 156 g/mol. The number of carbonyl (C=O) groups excluding carboxylic acids is 1. The molecule has 0 bridgehead atoms. The SMILES string of the molecule is CC1(C)C(C=O)C1(C)C(=O)O. The summed E-state index contributed by atoms with van der Waals surface area (Å²) < 4.78 is 0. The zero-order chi connectivity index (χ0) is 8.86. The Hall–Kier alpha value is -0.860. The molecule has 3 heteroatoms. The lowest BCUT2D eigenvalue weighted by molar-refractivity contribution is -0.144. The molecule has 0 heterocycles. The summed E-state index contributed by atoms with van der Waals surface area (Å²) in [5.74, 6) is -1.20. The van der Waals surface area contributed by atoms with Gasteiger partial charge in [0, 0.05) is 5.92 Å². The van der Waals surface area contributed by atoms with E-state index in [4.69, 9.17) is 5.11 Å². The molecule has 1 saturated carbocycles. The van der Waals surface area contributed by atoms with Crippen LogP contribution in [-0.4, -0.2) is 17.4 Å². The standard InChI is InChI=1S/C8H12O3/c1-7(2)5(4-9)8(7,3)6(10)11/h4-5H,1-3H3,(H,10,11). The van der Waals surface area contributed by atoms with Crippen molar-refractivity contribution in [3.05, 3.63) is 0 Å². The molecule has 0 saturated heterocycles. The fourth-order valence-electron chi connectivity index (χ4n) is 1.74. The summed E-state index contributed by atoms with van der Waals surface area (Å²) >= 11 is 0. The van der Waals surface area contributed by atoms with Gasteiger partial charge in [-0.2, -0.15) is 0 Å². The van der Waals surface area contributed by atoms with Crippen LogP contribution in [0.4, 0.5) is 0 Å². The molecule has 0 aromatic carbocycles. The van der Waals surface area contributed by atoms with Crippen molar-refractivity contribution in [2.75, 3.05) is 0 Å². The number of carboxylic acids is 1. The molecule has 1 rings (SSSR count). The molecule has 2 unspecified atom stereocenters. The maximum absolute atomic E-state index is 10.7. The fraction of sp³-hybridized carbons (Fsp3) is 0.750. The molecule has 1 fully saturated rings. The van der Waals surface area contributed by atoms with Crippen LogP contribution in [0, 0.1) is 16.7 Å². The molecule has 0 radical (unpaired) electrons. The summed E-state index contributed by atoms with van der Waals surface area (Å²) in [6, 6.07) is 0. The summed E-state index contributed by atoms with van der Waals surface area (Å²) in [5.41, 5.74) is -1.21. The van der Waals surface area contributed by atoms with Crippen LogP contribution in [-0.2, 0) is 9.59 Å². The topological polar surface area (TPSA) is 54.4 Å². The molecule has 0 aliphatic heterocycles. The van der Waals surface area contributed by atoms with Crippen molar-refractivity contribution < 1.29 is 14.7 Å². The third kappa shape index (κ3) is 0.682. The summed E-state index contributed by atoms with van der Waals surface area (Å²) in [6.45, 7) is 5.23. The van der Waals surface area contributed by atoms with E-state index in [1.54, 1.807) is 20.8 Å². The van der Waals surface area contributed by atoms with Crippen molar-refractivity contribution in [2.24, 2.45) is 16.7 Å². The first-order valence-electron chi connectivity index (χ1n) is 3.57. The summed E-state index contributed by atoms with van der Waals surface area (Å²) in [5, 5.41) is 8.79. The Balaban J connectivity index is 2.95. The minimum atomic E-state index is -0.875. The van der Waals surface area contributed by atoms with Gasteiger partial charge >= 0.3 is 5.97 Å². The Bertz CT molecular complexity index is 219. The first kappa shape index (κ1) is 8.24. The molecule has 3 nitrogen and oxygen atoms in total. The third-order valence-electron chi connectivity index (χ3n) is 3.24. The van der Waals surface area contributed by atoms with Crippen LogP contribution in [0.5, 0.6) is 0 Å². The Kier molecular flexibility index (Phi) is 1.38. The number of carbonyl (C=O) groups is 2. The van der Waals surface area contributed by atoms with Crippen molar-refractivity contribution in [3.63, 3.8) is 0 Å². The van der Waals surface area contributed by atoms with E-state index in [9.17, 15) is 9.59 Å². The number of hydrogen-bond acceptors (Lipinski definition) is 2. The minimum Gasteiger partial charge on any atom is -0.481 e. The van der Waals surface area contributed by atoms with Gasteiger partial charge in [-0.25, -0.2) is 0 Å². The first-order chi connectivity index (χ1) is 4.89. The van der Waals surface area contributed by atoms with Gasteiger partial charge in [0.2, 0.25) is 0 Å². The zero-order valence-corrected chi connectivity index (χ0v) is 6.92. The van der Waals surface area contributed by atoms with Crippen molar-refractivity contribution in [1.82, 2.24) is 0 Å². The van der Waals surface area contributed by atoms with E-state index in [1.807, 2.05) is 0 Å². The van der Waals surface area contributed by atoms with Gasteiger partial charge in [0.05, 0.1) is 5.41 Å². The Morgan fingerprint density at radius 2 is 1.91 bits per heavy atom. The molecular formula is C8H12O3. The predicted octanol–water partition coefficient (Wildman–Crippen LogP) is 0.932. The van der Waals surface area contributed by atoms with E-state index in [0.29, 0.717) is 0 Å². The average molecular weight is 156 g/mol. The number of aldehydes is 1. The highest BCUT2D eigenvalue weighted by atomic mass is 16.4. The summed E-state index contributed by atoms with van der Waals surface area (Å²) in [7, 11) is 0. The quantitative estimate of drug-likeness (QED) is 0.605. The highest BCUT2D eigenvalue weighted by molar-refractivity contribution is 5.87. The van der Waals surface area contributed by atoms with E-state index >= 15 is 0 Å². The number of rotatable bonds is 2. The molecule has 11 heavy (non-hydrogen) atoms. The first-order valence-corrected chi connectivity index (χ1v) is 3.57. The normalized spacial score (nSPS) is 39.7. The molecule has 0 amide bonds. The van der Waals surface area contributed by atoms with Crippen LogP contribution >= 0.6 is 0 Å². The zero-order valence-electron chi connectivity index (χ0n) is 6.92. The van der Waals surface area contributed by atoms with Crippen LogP contribution in [0.25, 0.3) is 0 Å². The van der Waals surface area contributed by atoms with Crippen LogP contribution in [0.1, 0.15) is 20.8 Å². The van der Waals surface area contributed by atoms with Crippen molar-refractivity contribution in [3.8, 4) is 0 Å². The maximum Gasteiger partial charge on any atom is 0.310 e. The van der Waals surface area contributed by atoms with E-state index in [0.717, 1.165) is 6.29 Å². The number of aliphatic carboxylic acids is 1. The van der Waals surface area contributed by atoms with E-state index in [-0.39, 0.29) is 11.3 Å². The third-order valence-corrected chi connectivity index (χ3v) is 3.24. The molecule has 0 aromatic rings. The number of hydrogen-bond donors (Lipinski definition) is 1. The Morgan fingerprint density at radius 3 is 2.00 bits per heavy atom. The van der Waals surface area contributed by atoms with Crippen LogP contribution in [0.15, 0.2) is 0 Å². The number of carboxylic acid groups (broad SMARTS) is 1. The molecule has 0 spiro atoms. The van der Waals surface area contributed by atoms with E-state index < -0.39 is 11.4 Å². The molecule has 1 aliphatic carbocycles. The largest absolute Gasteiger partial charge is 0.481 e. The summed E-state index contributed by atoms with van der Waals surface area (Å²) in [6.07, 6.45) is 0.744. The summed E-state index contributed by atoms with van der Waals surface area (Å²) in [4.78, 5) is 21.1. The lowest BCUT2D eigenvalue weighted by Crippen LogP contribution is -2.17. The second-order valence-electron chi connectivity index (χ2n) is 3.84. The lowest BCUT2D eigenvalue weighted by Gasteiger charge is -2.06. The van der Waals surface area contributed by atoms with Crippen LogP contribution < -0.4 is 0 Å². The van der Waals surface area contributed by atoms with Gasteiger partial charge in [-0.3, -0.25) is 4.79 Å². The van der Waals surface area contributed by atoms with Crippen LogP contribution in [0.2, 0.25) is 0 Å². The maximum atomic E-state index is 10.7. The fourth-order valence-corrected chi connectivity index (χ4v) is 1.74. The average Bonchev–Trinajstić information content (AvgIpc) is 2.29.